The van der Waals surface area contributed by atoms with E-state index in [2.05, 4.69) is 0 Å². The largest absolute Gasteiger partial charge is 0.384 e. The van der Waals surface area contributed by atoms with Crippen LogP contribution < -0.4 is 0 Å². The molecule has 0 amide bonds. The van der Waals surface area contributed by atoms with Crippen LogP contribution in [0.5, 0.6) is 0 Å². The van der Waals surface area contributed by atoms with E-state index in [4.69, 9.17) is 0 Å². The minimum Gasteiger partial charge on any atom is -0.225 e. The van der Waals surface area contributed by atoms with Gasteiger partial charge in [-0.1, -0.05) is 30.3 Å². The van der Waals surface area contributed by atoms with Gasteiger partial charge in [-0.05, 0) is 34.2 Å². The van der Waals surface area contributed by atoms with Crippen LogP contribution in [0, 0.1) is 0 Å². The lowest BCUT2D eigenvalue weighted by atomic mass is 9.72. The van der Waals surface area contributed by atoms with Crippen LogP contribution in [0.4, 0.5) is 48.3 Å². The van der Waals surface area contributed by atoms with E-state index in [-0.39, 0.29) is 5.56 Å². The fraction of sp³-hybridized carbons (Fsp3) is 0.429. The molecule has 1 aliphatic rings. The van der Waals surface area contributed by atoms with Crippen molar-refractivity contribution in [3.05, 3.63) is 42.0 Å². The van der Waals surface area contributed by atoms with Gasteiger partial charge in [-0.3, -0.25) is 0 Å². The van der Waals surface area contributed by atoms with Crippen molar-refractivity contribution in [2.75, 3.05) is 0 Å². The van der Waals surface area contributed by atoms with E-state index in [0.717, 1.165) is 34.7 Å². The second-order valence-corrected chi connectivity index (χ2v) is 6.60. The van der Waals surface area contributed by atoms with Crippen LogP contribution in [0.3, 0.4) is 0 Å². The molecule has 1 saturated carbocycles. The van der Waals surface area contributed by atoms with Gasteiger partial charge >= 0.3 is 29.6 Å². The van der Waals surface area contributed by atoms with Crippen LogP contribution in [0.1, 0.15) is 5.56 Å². The Balaban J connectivity index is 2.80. The molecule has 1 aliphatic carbocycles. The summed E-state index contributed by atoms with van der Waals surface area (Å²) >= 11 is 0.963. The van der Waals surface area contributed by atoms with Crippen LogP contribution in [0.2, 0.25) is 0 Å². The van der Waals surface area contributed by atoms with Gasteiger partial charge in [0.2, 0.25) is 0 Å². The lowest BCUT2D eigenvalue weighted by Gasteiger charge is -2.51. The highest BCUT2D eigenvalue weighted by molar-refractivity contribution is 14.1. The molecule has 0 nitrogen and oxygen atoms in total. The minimum absolute atomic E-state index is 0.263. The fourth-order valence-electron chi connectivity index (χ4n) is 2.28. The van der Waals surface area contributed by atoms with Gasteiger partial charge in [-0.2, -0.15) is 43.9 Å². The second kappa shape index (κ2) is 5.71. The molecule has 2 rings (SSSR count). The molecule has 0 saturated heterocycles. The predicted molar refractivity (Wildman–Crippen MR) is 77.0 cm³/mol. The van der Waals surface area contributed by atoms with E-state index >= 15 is 0 Å². The van der Waals surface area contributed by atoms with Crippen molar-refractivity contribution in [1.82, 2.24) is 0 Å². The molecule has 0 spiro atoms. The first-order valence-corrected chi connectivity index (χ1v) is 7.58. The molecule has 0 unspecified atom stereocenters. The van der Waals surface area contributed by atoms with Gasteiger partial charge in [0.1, 0.15) is 0 Å². The number of halogens is 12. The average molecular weight is 510 g/mol. The molecule has 0 atom stereocenters. The molecule has 0 heterocycles. The molecule has 1 fully saturated rings. The highest BCUT2D eigenvalue weighted by atomic mass is 127. The van der Waals surface area contributed by atoms with Gasteiger partial charge in [0.15, 0.2) is 0 Å². The molecule has 0 N–H and O–H groups in total. The summed E-state index contributed by atoms with van der Waals surface area (Å²) in [5.41, 5.74) is -6.36. The molecular weight excluding hydrogens is 504 g/mol. The highest BCUT2D eigenvalue weighted by Crippen LogP contribution is 2.70. The molecule has 0 radical (unpaired) electrons. The molecular formula is C14H6F11I. The number of rotatable bonds is 2. The Morgan fingerprint density at radius 2 is 0.962 bits per heavy atom. The monoisotopic (exact) mass is 510 g/mol. The summed E-state index contributed by atoms with van der Waals surface area (Å²) < 4.78 is 148. The smallest absolute Gasteiger partial charge is 0.225 e. The minimum atomic E-state index is -7.20. The standard InChI is InChI=1S/C14H6F11I/c15-9(6-8(26)7-4-2-1-3-5-7)10(16,17)12(20,21)14(24,25)13(22,23)11(9,18)19/h1-6H. The Kier molecular flexibility index (Phi) is 4.66. The van der Waals surface area contributed by atoms with Gasteiger partial charge in [0, 0.05) is 3.58 Å². The zero-order valence-electron chi connectivity index (χ0n) is 12.0. The Labute approximate surface area is 152 Å². The quantitative estimate of drug-likeness (QED) is 0.321. The van der Waals surface area contributed by atoms with Crippen molar-refractivity contribution in [1.29, 1.82) is 0 Å². The first-order chi connectivity index (χ1) is 11.5. The van der Waals surface area contributed by atoms with Crippen molar-refractivity contribution in [2.24, 2.45) is 0 Å². The number of benzene rings is 1. The van der Waals surface area contributed by atoms with Crippen LogP contribution >= 0.6 is 22.6 Å². The summed E-state index contributed by atoms with van der Waals surface area (Å²) in [6.45, 7) is 0. The van der Waals surface area contributed by atoms with E-state index < -0.39 is 44.9 Å². The summed E-state index contributed by atoms with van der Waals surface area (Å²) in [4.78, 5) is 0. The molecule has 0 aromatic heterocycles. The highest BCUT2D eigenvalue weighted by Gasteiger charge is 3.00. The summed E-state index contributed by atoms with van der Waals surface area (Å²) in [5.74, 6) is -35.1. The summed E-state index contributed by atoms with van der Waals surface area (Å²) in [6.07, 6.45) is -0.875. The first-order valence-electron chi connectivity index (χ1n) is 6.51. The molecule has 146 valence electrons. The van der Waals surface area contributed by atoms with Gasteiger partial charge in [0.05, 0.1) is 0 Å². The first kappa shape index (κ1) is 21.2. The molecule has 1 aromatic rings. The average Bonchev–Trinajstić information content (AvgIpc) is 2.53. The second-order valence-electron chi connectivity index (χ2n) is 5.44. The van der Waals surface area contributed by atoms with Gasteiger partial charge < -0.3 is 0 Å². The third kappa shape index (κ3) is 2.25. The molecule has 26 heavy (non-hydrogen) atoms. The van der Waals surface area contributed by atoms with Gasteiger partial charge in [-0.15, -0.1) is 0 Å². The lowest BCUT2D eigenvalue weighted by molar-refractivity contribution is -0.476. The normalized spacial score (nSPS) is 27.8. The third-order valence-corrected chi connectivity index (χ3v) is 4.80. The zero-order valence-corrected chi connectivity index (χ0v) is 14.2. The van der Waals surface area contributed by atoms with Crippen LogP contribution in [-0.4, -0.2) is 35.3 Å². The summed E-state index contributed by atoms with van der Waals surface area (Å²) in [5, 5.41) is 0. The third-order valence-electron chi connectivity index (χ3n) is 3.87. The maximum absolute atomic E-state index is 14.5. The van der Waals surface area contributed by atoms with E-state index in [9.17, 15) is 48.3 Å². The van der Waals surface area contributed by atoms with Crippen molar-refractivity contribution in [2.45, 2.75) is 35.3 Å². The van der Waals surface area contributed by atoms with Gasteiger partial charge in [-0.25, -0.2) is 4.39 Å². The fourth-order valence-corrected chi connectivity index (χ4v) is 3.07. The lowest BCUT2D eigenvalue weighted by Crippen LogP contribution is -2.83. The van der Waals surface area contributed by atoms with E-state index in [1.54, 1.807) is 0 Å². The topological polar surface area (TPSA) is 0 Å². The zero-order chi connectivity index (χ0) is 20.4. The molecule has 0 bridgehead atoms. The number of hydrogen-bond donors (Lipinski definition) is 0. The number of alkyl halides is 11. The van der Waals surface area contributed by atoms with Crippen LogP contribution in [-0.2, 0) is 0 Å². The Morgan fingerprint density at radius 3 is 1.35 bits per heavy atom. The van der Waals surface area contributed by atoms with Crippen molar-refractivity contribution in [3.63, 3.8) is 0 Å². The summed E-state index contributed by atoms with van der Waals surface area (Å²) in [7, 11) is 0. The van der Waals surface area contributed by atoms with E-state index in [0.29, 0.717) is 0 Å². The van der Waals surface area contributed by atoms with E-state index in [1.165, 1.54) is 18.2 Å². The van der Waals surface area contributed by atoms with E-state index in [1.807, 2.05) is 0 Å². The number of hydrogen-bond acceptors (Lipinski definition) is 0. The molecule has 12 heteroatoms. The van der Waals surface area contributed by atoms with Crippen LogP contribution in [0.15, 0.2) is 36.4 Å². The van der Waals surface area contributed by atoms with Crippen molar-refractivity contribution in [3.8, 4) is 0 Å². The predicted octanol–water partition coefficient (Wildman–Crippen LogP) is 6.36. The Bertz CT molecular complexity index is 694. The summed E-state index contributed by atoms with van der Waals surface area (Å²) in [6, 6.07) is 5.91. The maximum Gasteiger partial charge on any atom is 0.384 e. The Hall–Kier alpha value is -1.08. The maximum atomic E-state index is 14.5. The number of allylic oxidation sites excluding steroid dienone is 1. The van der Waals surface area contributed by atoms with Crippen LogP contribution in [0.25, 0.3) is 3.58 Å². The van der Waals surface area contributed by atoms with Crippen molar-refractivity contribution >= 4 is 26.2 Å². The molecule has 0 aliphatic heterocycles. The SMILES string of the molecule is FC1(F)C(F)(F)C(F)(F)C(F)(C=C(I)c2ccccc2)C(F)(F)C1(F)F. The molecule has 1 aromatic carbocycles. The van der Waals surface area contributed by atoms with Crippen molar-refractivity contribution < 1.29 is 48.3 Å². The Morgan fingerprint density at radius 1 is 0.615 bits per heavy atom. The van der Waals surface area contributed by atoms with Gasteiger partial charge in [0.25, 0.3) is 5.67 Å².